The minimum Gasteiger partial charge on any atom is -0.304 e. The molecule has 0 aliphatic rings. The van der Waals surface area contributed by atoms with E-state index in [0.717, 1.165) is 7.05 Å². The van der Waals surface area contributed by atoms with E-state index in [2.05, 4.69) is 0 Å². The Kier molecular flexibility index (Phi) is 2.38. The van der Waals surface area contributed by atoms with E-state index in [0.29, 0.717) is 10.6 Å². The summed E-state index contributed by atoms with van der Waals surface area (Å²) in [5.41, 5.74) is -3.00. The van der Waals surface area contributed by atoms with Crippen molar-refractivity contribution in [2.75, 3.05) is 0 Å². The molecule has 1 aromatic heterocycles. The average Bonchev–Trinajstić information content (AvgIpc) is 2.30. The maximum absolute atomic E-state index is 13.6. The van der Waals surface area contributed by atoms with Gasteiger partial charge >= 0.3 is 5.69 Å². The Hall–Kier alpha value is -2.31. The maximum Gasteiger partial charge on any atom is 0.328 e. The van der Waals surface area contributed by atoms with Crippen LogP contribution in [0.3, 0.4) is 0 Å². The zero-order chi connectivity index (χ0) is 12.7. The summed E-state index contributed by atoms with van der Waals surface area (Å²) in [6, 6.07) is 0.615. The van der Waals surface area contributed by atoms with Crippen molar-refractivity contribution < 1.29 is 13.6 Å². The average molecular weight is 240 g/mol. The Morgan fingerprint density at radius 3 is 2.59 bits per heavy atom. The molecule has 0 radical (unpaired) electrons. The van der Waals surface area contributed by atoms with Gasteiger partial charge in [0.1, 0.15) is 11.2 Å². The van der Waals surface area contributed by atoms with Gasteiger partial charge in [-0.15, -0.1) is 0 Å². The summed E-state index contributed by atoms with van der Waals surface area (Å²) < 4.78 is 27.8. The number of hydrogen-bond donors (Lipinski definition) is 1. The second-order valence-electron chi connectivity index (χ2n) is 3.42. The van der Waals surface area contributed by atoms with Gasteiger partial charge in [-0.25, -0.2) is 13.6 Å². The second kappa shape index (κ2) is 3.62. The number of nitrogens with one attached hydrogen (secondary N) is 1. The number of hydrogen-bond acceptors (Lipinski definition) is 3. The second-order valence-corrected chi connectivity index (χ2v) is 3.42. The molecular weight excluding hydrogens is 234 g/mol. The molecule has 0 atom stereocenters. The molecule has 1 N–H and O–H groups in total. The fraction of sp³-hybridized carbons (Fsp3) is 0.100. The summed E-state index contributed by atoms with van der Waals surface area (Å²) in [5, 5.41) is -0.588. The van der Waals surface area contributed by atoms with E-state index in [1.54, 1.807) is 0 Å². The molecule has 1 aromatic carbocycles. The SMILES string of the molecule is Cn1c(=O)[nH]c2c(F)c(C=O)cc(F)c2c1=O. The molecule has 7 heteroatoms. The number of fused-ring (bicyclic) bond motifs is 1. The molecular formula is C10H6F2N2O3. The molecule has 5 nitrogen and oxygen atoms in total. The third-order valence-corrected chi connectivity index (χ3v) is 2.43. The summed E-state index contributed by atoms with van der Waals surface area (Å²) in [6.45, 7) is 0. The molecule has 2 aromatic rings. The number of carbonyl (C=O) groups excluding carboxylic acids is 1. The first-order valence-electron chi connectivity index (χ1n) is 4.53. The van der Waals surface area contributed by atoms with Gasteiger partial charge in [-0.2, -0.15) is 0 Å². The lowest BCUT2D eigenvalue weighted by molar-refractivity contribution is 0.111. The molecule has 88 valence electrons. The van der Waals surface area contributed by atoms with Crippen LogP contribution in [-0.4, -0.2) is 15.8 Å². The standard InChI is InChI=1S/C10H6F2N2O3/c1-14-9(16)6-5(11)2-4(3-15)7(12)8(6)13-10(14)17/h2-3H,1H3,(H,13,17). The Labute approximate surface area is 92.3 Å². The third-order valence-electron chi connectivity index (χ3n) is 2.43. The van der Waals surface area contributed by atoms with E-state index in [4.69, 9.17) is 0 Å². The highest BCUT2D eigenvalue weighted by molar-refractivity contribution is 5.87. The number of aromatic amines is 1. The molecule has 0 unspecified atom stereocenters. The van der Waals surface area contributed by atoms with E-state index >= 15 is 0 Å². The highest BCUT2D eigenvalue weighted by Gasteiger charge is 2.17. The van der Waals surface area contributed by atoms with E-state index in [1.165, 1.54) is 0 Å². The Bertz CT molecular complexity index is 746. The molecule has 0 spiro atoms. The van der Waals surface area contributed by atoms with Crippen molar-refractivity contribution in [1.29, 1.82) is 0 Å². The van der Waals surface area contributed by atoms with E-state index in [1.807, 2.05) is 4.98 Å². The first-order valence-corrected chi connectivity index (χ1v) is 4.53. The smallest absolute Gasteiger partial charge is 0.304 e. The van der Waals surface area contributed by atoms with Crippen LogP contribution < -0.4 is 11.2 Å². The summed E-state index contributed by atoms with van der Waals surface area (Å²) in [5.74, 6) is -2.17. The molecule has 0 amide bonds. The lowest BCUT2D eigenvalue weighted by Gasteiger charge is -2.04. The van der Waals surface area contributed by atoms with Crippen molar-refractivity contribution in [2.24, 2.45) is 7.05 Å². The summed E-state index contributed by atoms with van der Waals surface area (Å²) in [7, 11) is 1.13. The Balaban J connectivity index is 3.17. The number of halogens is 2. The Morgan fingerprint density at radius 1 is 1.35 bits per heavy atom. The molecule has 0 saturated carbocycles. The van der Waals surface area contributed by atoms with Crippen LogP contribution in [0.5, 0.6) is 0 Å². The van der Waals surface area contributed by atoms with Crippen LogP contribution in [0.15, 0.2) is 15.7 Å². The summed E-state index contributed by atoms with van der Waals surface area (Å²) in [6.07, 6.45) is 0.105. The quantitative estimate of drug-likeness (QED) is 0.729. The minimum atomic E-state index is -1.12. The van der Waals surface area contributed by atoms with Gasteiger partial charge in [-0.3, -0.25) is 14.2 Å². The third kappa shape index (κ3) is 1.47. The van der Waals surface area contributed by atoms with Gasteiger partial charge in [0, 0.05) is 7.05 Å². The fourth-order valence-corrected chi connectivity index (χ4v) is 1.51. The van der Waals surface area contributed by atoms with Gasteiger partial charge in [-0.05, 0) is 6.07 Å². The van der Waals surface area contributed by atoms with Crippen molar-refractivity contribution in [3.63, 3.8) is 0 Å². The zero-order valence-electron chi connectivity index (χ0n) is 8.58. The Morgan fingerprint density at radius 2 is 2.00 bits per heavy atom. The predicted octanol–water partition coefficient (Wildman–Crippen LogP) is 0.317. The van der Waals surface area contributed by atoms with E-state index in [-0.39, 0.29) is 6.29 Å². The molecule has 0 bridgehead atoms. The minimum absolute atomic E-state index is 0.105. The molecule has 0 saturated heterocycles. The van der Waals surface area contributed by atoms with Gasteiger partial charge < -0.3 is 4.98 Å². The number of carbonyl (C=O) groups is 1. The van der Waals surface area contributed by atoms with Crippen molar-refractivity contribution in [3.8, 4) is 0 Å². The number of rotatable bonds is 1. The lowest BCUT2D eigenvalue weighted by atomic mass is 10.1. The number of aldehydes is 1. The molecule has 17 heavy (non-hydrogen) atoms. The number of nitrogens with zero attached hydrogens (tertiary/aromatic N) is 1. The van der Waals surface area contributed by atoms with Crippen LogP contribution in [-0.2, 0) is 7.05 Å². The summed E-state index contributed by atoms with van der Waals surface area (Å²) >= 11 is 0. The molecule has 0 aliphatic carbocycles. The van der Waals surface area contributed by atoms with Crippen molar-refractivity contribution in [1.82, 2.24) is 9.55 Å². The first-order chi connectivity index (χ1) is 7.97. The predicted molar refractivity (Wildman–Crippen MR) is 55.1 cm³/mol. The largest absolute Gasteiger partial charge is 0.328 e. The van der Waals surface area contributed by atoms with Gasteiger partial charge in [0.2, 0.25) is 0 Å². The van der Waals surface area contributed by atoms with Gasteiger partial charge in [0.25, 0.3) is 5.56 Å². The molecule has 0 aliphatic heterocycles. The van der Waals surface area contributed by atoms with Crippen LogP contribution in [0.1, 0.15) is 10.4 Å². The number of H-pyrrole nitrogens is 1. The van der Waals surface area contributed by atoms with Crippen LogP contribution in [0.4, 0.5) is 8.78 Å². The molecule has 2 rings (SSSR count). The van der Waals surface area contributed by atoms with Gasteiger partial charge in [-0.1, -0.05) is 0 Å². The molecule has 1 heterocycles. The highest BCUT2D eigenvalue weighted by atomic mass is 19.1. The topological polar surface area (TPSA) is 71.9 Å². The van der Waals surface area contributed by atoms with Crippen LogP contribution >= 0.6 is 0 Å². The number of aromatic nitrogens is 2. The summed E-state index contributed by atoms with van der Waals surface area (Å²) in [4.78, 5) is 35.3. The lowest BCUT2D eigenvalue weighted by Crippen LogP contribution is -2.33. The monoisotopic (exact) mass is 240 g/mol. The van der Waals surface area contributed by atoms with Gasteiger partial charge in [0.15, 0.2) is 12.1 Å². The van der Waals surface area contributed by atoms with E-state index < -0.39 is 39.3 Å². The van der Waals surface area contributed by atoms with Crippen molar-refractivity contribution >= 4 is 17.2 Å². The van der Waals surface area contributed by atoms with Crippen LogP contribution in [0, 0.1) is 11.6 Å². The first kappa shape index (κ1) is 11.2. The van der Waals surface area contributed by atoms with Crippen LogP contribution in [0.2, 0.25) is 0 Å². The molecule has 0 fully saturated rings. The van der Waals surface area contributed by atoms with E-state index in [9.17, 15) is 23.2 Å². The number of benzene rings is 1. The fourth-order valence-electron chi connectivity index (χ4n) is 1.51. The van der Waals surface area contributed by atoms with Crippen LogP contribution in [0.25, 0.3) is 10.9 Å². The zero-order valence-corrected chi connectivity index (χ0v) is 8.58. The maximum atomic E-state index is 13.6. The van der Waals surface area contributed by atoms with Crippen molar-refractivity contribution in [2.45, 2.75) is 0 Å². The normalized spacial score (nSPS) is 10.8. The highest BCUT2D eigenvalue weighted by Crippen LogP contribution is 2.17. The van der Waals surface area contributed by atoms with Crippen molar-refractivity contribution in [3.05, 3.63) is 44.1 Å². The van der Waals surface area contributed by atoms with Gasteiger partial charge in [0.05, 0.1) is 11.1 Å².